The molecule has 1 aromatic rings. The summed E-state index contributed by atoms with van der Waals surface area (Å²) in [7, 11) is 0. The van der Waals surface area contributed by atoms with Crippen molar-refractivity contribution in [3.63, 3.8) is 0 Å². The summed E-state index contributed by atoms with van der Waals surface area (Å²) in [6, 6.07) is 4.12. The second-order valence-electron chi connectivity index (χ2n) is 2.70. The monoisotopic (exact) mass is 210 g/mol. The maximum Gasteiger partial charge on any atom is 0.285 e. The molecule has 2 N–H and O–H groups in total. The Morgan fingerprint density at radius 1 is 1.60 bits per heavy atom. The second kappa shape index (κ2) is 4.41. The predicted molar refractivity (Wildman–Crippen MR) is 52.8 cm³/mol. The number of hydrogen-bond acceptors (Lipinski definition) is 4. The molecule has 0 aliphatic heterocycles. The van der Waals surface area contributed by atoms with Gasteiger partial charge in [0.1, 0.15) is 5.75 Å². The highest BCUT2D eigenvalue weighted by molar-refractivity contribution is 5.99. The van der Waals surface area contributed by atoms with Gasteiger partial charge in [0.15, 0.2) is 5.56 Å². The predicted octanol–water partition coefficient (Wildman–Crippen LogP) is 1.09. The van der Waals surface area contributed by atoms with Crippen LogP contribution in [0.15, 0.2) is 18.2 Å². The van der Waals surface area contributed by atoms with Crippen molar-refractivity contribution in [1.29, 1.82) is 0 Å². The van der Waals surface area contributed by atoms with Gasteiger partial charge in [-0.25, -0.2) is 0 Å². The first-order valence-electron chi connectivity index (χ1n) is 4.28. The normalized spacial score (nSPS) is 9.67. The molecule has 0 spiro atoms. The number of nitro benzene ring substituents is 1. The minimum atomic E-state index is -0.870. The van der Waals surface area contributed by atoms with Crippen LogP contribution < -0.4 is 10.5 Å². The van der Waals surface area contributed by atoms with E-state index in [1.807, 2.05) is 0 Å². The Balaban J connectivity index is 3.34. The van der Waals surface area contributed by atoms with E-state index in [0.29, 0.717) is 6.61 Å². The van der Waals surface area contributed by atoms with Gasteiger partial charge in [0, 0.05) is 6.07 Å². The fourth-order valence-corrected chi connectivity index (χ4v) is 1.20. The van der Waals surface area contributed by atoms with Gasteiger partial charge in [-0.15, -0.1) is 0 Å². The number of nitrogens with zero attached hydrogens (tertiary/aromatic N) is 1. The van der Waals surface area contributed by atoms with Gasteiger partial charge in [-0.3, -0.25) is 14.9 Å². The maximum absolute atomic E-state index is 11.1. The minimum absolute atomic E-state index is 0.138. The Hall–Kier alpha value is -2.11. The number of rotatable bonds is 4. The van der Waals surface area contributed by atoms with Crippen LogP contribution in [0.2, 0.25) is 0 Å². The first-order valence-corrected chi connectivity index (χ1v) is 4.28. The molecule has 0 unspecified atom stereocenters. The van der Waals surface area contributed by atoms with Gasteiger partial charge in [-0.05, 0) is 13.0 Å². The van der Waals surface area contributed by atoms with Crippen LogP contribution in [0, 0.1) is 10.1 Å². The van der Waals surface area contributed by atoms with E-state index in [2.05, 4.69) is 0 Å². The largest absolute Gasteiger partial charge is 0.493 e. The summed E-state index contributed by atoms with van der Waals surface area (Å²) < 4.78 is 5.08. The highest BCUT2D eigenvalue weighted by Gasteiger charge is 2.22. The molecule has 0 saturated carbocycles. The molecule has 0 saturated heterocycles. The van der Waals surface area contributed by atoms with E-state index in [1.54, 1.807) is 6.92 Å². The van der Waals surface area contributed by atoms with Crippen molar-refractivity contribution >= 4 is 11.6 Å². The molecule has 80 valence electrons. The Morgan fingerprint density at radius 2 is 2.27 bits per heavy atom. The van der Waals surface area contributed by atoms with Crippen molar-refractivity contribution < 1.29 is 14.5 Å². The Kier molecular flexibility index (Phi) is 3.22. The number of benzene rings is 1. The van der Waals surface area contributed by atoms with E-state index in [9.17, 15) is 14.9 Å². The van der Waals surface area contributed by atoms with Crippen LogP contribution in [0.4, 0.5) is 5.69 Å². The average molecular weight is 210 g/mol. The molecule has 1 aromatic carbocycles. The molecule has 15 heavy (non-hydrogen) atoms. The summed E-state index contributed by atoms with van der Waals surface area (Å²) in [5, 5.41) is 10.6. The van der Waals surface area contributed by atoms with Gasteiger partial charge >= 0.3 is 0 Å². The van der Waals surface area contributed by atoms with E-state index in [1.165, 1.54) is 18.2 Å². The van der Waals surface area contributed by atoms with Crippen molar-refractivity contribution in [2.45, 2.75) is 6.92 Å². The van der Waals surface area contributed by atoms with E-state index in [4.69, 9.17) is 10.5 Å². The first-order chi connectivity index (χ1) is 7.07. The number of primary amides is 1. The number of carbonyl (C=O) groups is 1. The molecule has 0 heterocycles. The van der Waals surface area contributed by atoms with Crippen LogP contribution in [-0.2, 0) is 0 Å². The SMILES string of the molecule is CCOc1cccc([N+](=O)[O-])c1C(N)=O. The quantitative estimate of drug-likeness (QED) is 0.594. The van der Waals surface area contributed by atoms with Crippen LogP contribution in [-0.4, -0.2) is 17.4 Å². The van der Waals surface area contributed by atoms with Gasteiger partial charge in [0.05, 0.1) is 11.5 Å². The summed E-state index contributed by atoms with van der Waals surface area (Å²) >= 11 is 0. The third-order valence-corrected chi connectivity index (χ3v) is 1.75. The fraction of sp³-hybridized carbons (Fsp3) is 0.222. The van der Waals surface area contributed by atoms with Crippen LogP contribution >= 0.6 is 0 Å². The zero-order chi connectivity index (χ0) is 11.4. The van der Waals surface area contributed by atoms with Gasteiger partial charge in [0.2, 0.25) is 0 Å². The summed E-state index contributed by atoms with van der Waals surface area (Å²) in [4.78, 5) is 21.0. The Bertz CT molecular complexity index is 403. The van der Waals surface area contributed by atoms with E-state index in [0.717, 1.165) is 0 Å². The van der Waals surface area contributed by atoms with Crippen molar-refractivity contribution in [3.05, 3.63) is 33.9 Å². The number of nitrogens with two attached hydrogens (primary N) is 1. The first kappa shape index (κ1) is 11.0. The maximum atomic E-state index is 11.1. The molecular weight excluding hydrogens is 200 g/mol. The molecule has 0 atom stereocenters. The van der Waals surface area contributed by atoms with Crippen LogP contribution in [0.1, 0.15) is 17.3 Å². The van der Waals surface area contributed by atoms with E-state index < -0.39 is 10.8 Å². The fourth-order valence-electron chi connectivity index (χ4n) is 1.20. The summed E-state index contributed by atoms with van der Waals surface area (Å²) in [6.07, 6.45) is 0. The molecule has 1 amide bonds. The highest BCUT2D eigenvalue weighted by Crippen LogP contribution is 2.27. The van der Waals surface area contributed by atoms with Crippen LogP contribution in [0.25, 0.3) is 0 Å². The molecule has 6 nitrogen and oxygen atoms in total. The zero-order valence-electron chi connectivity index (χ0n) is 8.10. The molecule has 0 aromatic heterocycles. The summed E-state index contributed by atoms with van der Waals surface area (Å²) in [6.45, 7) is 2.02. The van der Waals surface area contributed by atoms with Crippen molar-refractivity contribution in [1.82, 2.24) is 0 Å². The van der Waals surface area contributed by atoms with Gasteiger partial charge in [-0.2, -0.15) is 0 Å². The zero-order valence-corrected chi connectivity index (χ0v) is 8.10. The van der Waals surface area contributed by atoms with Gasteiger partial charge in [-0.1, -0.05) is 6.07 Å². The van der Waals surface area contributed by atoms with Gasteiger partial charge < -0.3 is 10.5 Å². The highest BCUT2D eigenvalue weighted by atomic mass is 16.6. The standard InChI is InChI=1S/C9H10N2O4/c1-2-15-7-5-3-4-6(11(13)14)8(7)9(10)12/h3-5H,2H2,1H3,(H2,10,12). The van der Waals surface area contributed by atoms with E-state index in [-0.39, 0.29) is 17.0 Å². The third-order valence-electron chi connectivity index (χ3n) is 1.75. The van der Waals surface area contributed by atoms with Gasteiger partial charge in [0.25, 0.3) is 11.6 Å². The Morgan fingerprint density at radius 3 is 2.73 bits per heavy atom. The lowest BCUT2D eigenvalue weighted by atomic mass is 10.1. The van der Waals surface area contributed by atoms with Crippen molar-refractivity contribution in [3.8, 4) is 5.75 Å². The third kappa shape index (κ3) is 2.22. The minimum Gasteiger partial charge on any atom is -0.493 e. The topological polar surface area (TPSA) is 95.5 Å². The lowest BCUT2D eigenvalue weighted by Gasteiger charge is -2.07. The number of nitro groups is 1. The van der Waals surface area contributed by atoms with Crippen LogP contribution in [0.5, 0.6) is 5.75 Å². The molecule has 1 rings (SSSR count). The molecule has 6 heteroatoms. The Labute approximate surface area is 85.8 Å². The number of ether oxygens (including phenoxy) is 1. The lowest BCUT2D eigenvalue weighted by molar-refractivity contribution is -0.385. The smallest absolute Gasteiger partial charge is 0.285 e. The van der Waals surface area contributed by atoms with Crippen LogP contribution in [0.3, 0.4) is 0 Å². The van der Waals surface area contributed by atoms with E-state index >= 15 is 0 Å². The van der Waals surface area contributed by atoms with Crippen molar-refractivity contribution in [2.75, 3.05) is 6.61 Å². The lowest BCUT2D eigenvalue weighted by Crippen LogP contribution is -2.15. The summed E-state index contributed by atoms with van der Waals surface area (Å²) in [5.74, 6) is -0.732. The molecule has 0 fully saturated rings. The molecule has 0 bridgehead atoms. The number of hydrogen-bond donors (Lipinski definition) is 1. The molecule has 0 aliphatic carbocycles. The molecule has 0 aliphatic rings. The molecular formula is C9H10N2O4. The average Bonchev–Trinajstić information content (AvgIpc) is 2.17. The summed E-state index contributed by atoms with van der Waals surface area (Å²) in [5.41, 5.74) is 4.53. The second-order valence-corrected chi connectivity index (χ2v) is 2.70. The molecule has 0 radical (unpaired) electrons. The number of amides is 1. The van der Waals surface area contributed by atoms with Crippen molar-refractivity contribution in [2.24, 2.45) is 5.73 Å². The number of carbonyl (C=O) groups excluding carboxylic acids is 1.